The lowest BCUT2D eigenvalue weighted by Crippen LogP contribution is -2.44. The van der Waals surface area contributed by atoms with Crippen LogP contribution in [-0.2, 0) is 11.3 Å². The van der Waals surface area contributed by atoms with Crippen molar-refractivity contribution >= 4 is 16.7 Å². The Hall–Kier alpha value is -3.31. The first-order valence-corrected chi connectivity index (χ1v) is 13.5. The zero-order valence-electron chi connectivity index (χ0n) is 21.7. The third kappa shape index (κ3) is 5.67. The maximum atomic E-state index is 13.7. The number of aliphatic hydroxyl groups excluding tert-OH is 1. The van der Waals surface area contributed by atoms with E-state index in [2.05, 4.69) is 5.32 Å². The lowest BCUT2D eigenvalue weighted by atomic mass is 9.89. The number of allylic oxidation sites excluding steroid dienone is 1. The van der Waals surface area contributed by atoms with Crippen molar-refractivity contribution in [3.63, 3.8) is 0 Å². The molecule has 1 amide bonds. The molecule has 2 aliphatic rings. The van der Waals surface area contributed by atoms with Crippen molar-refractivity contribution in [3.05, 3.63) is 89.7 Å². The predicted octanol–water partition coefficient (Wildman–Crippen LogP) is 6.82. The quantitative estimate of drug-likeness (QED) is 0.300. The molecule has 5 unspecified atom stereocenters. The minimum Gasteiger partial charge on any atom is -0.510 e. The molecule has 37 heavy (non-hydrogen) atoms. The fourth-order valence-electron chi connectivity index (χ4n) is 6.08. The van der Waals surface area contributed by atoms with Gasteiger partial charge in [0.05, 0.1) is 24.9 Å². The van der Waals surface area contributed by atoms with E-state index in [1.165, 1.54) is 25.7 Å². The van der Waals surface area contributed by atoms with E-state index in [-0.39, 0.29) is 11.7 Å². The van der Waals surface area contributed by atoms with E-state index in [1.807, 2.05) is 73.7 Å². The van der Waals surface area contributed by atoms with Gasteiger partial charge in [0.15, 0.2) is 0 Å². The van der Waals surface area contributed by atoms with E-state index in [0.717, 1.165) is 28.2 Å². The van der Waals surface area contributed by atoms with Crippen LogP contribution in [0.5, 0.6) is 5.75 Å². The molecule has 3 aromatic carbocycles. The van der Waals surface area contributed by atoms with Gasteiger partial charge in [-0.3, -0.25) is 4.79 Å². The summed E-state index contributed by atoms with van der Waals surface area (Å²) < 4.78 is 12.5. The van der Waals surface area contributed by atoms with Gasteiger partial charge in [-0.05, 0) is 74.0 Å². The van der Waals surface area contributed by atoms with E-state index in [4.69, 9.17) is 9.47 Å². The van der Waals surface area contributed by atoms with Crippen molar-refractivity contribution in [1.29, 1.82) is 0 Å². The minimum absolute atomic E-state index is 0.0687. The highest BCUT2D eigenvalue weighted by Crippen LogP contribution is 2.48. The first kappa shape index (κ1) is 25.3. The van der Waals surface area contributed by atoms with Crippen LogP contribution >= 0.6 is 0 Å². The molecule has 2 bridgehead atoms. The number of benzene rings is 3. The fraction of sp³-hybridized carbons (Fsp3) is 0.406. The zero-order valence-corrected chi connectivity index (χ0v) is 21.7. The van der Waals surface area contributed by atoms with E-state index in [9.17, 15) is 9.90 Å². The second kappa shape index (κ2) is 11.4. The molecule has 2 aliphatic carbocycles. The molecular weight excluding hydrogens is 462 g/mol. The van der Waals surface area contributed by atoms with Crippen LogP contribution < -0.4 is 10.1 Å². The van der Waals surface area contributed by atoms with Crippen molar-refractivity contribution in [2.75, 3.05) is 6.61 Å². The van der Waals surface area contributed by atoms with Crippen molar-refractivity contribution in [2.24, 2.45) is 17.8 Å². The molecule has 0 saturated heterocycles. The van der Waals surface area contributed by atoms with Crippen LogP contribution in [0.15, 0.2) is 78.6 Å². The first-order chi connectivity index (χ1) is 18.0. The van der Waals surface area contributed by atoms with Crippen LogP contribution in [0.1, 0.15) is 55.5 Å². The Morgan fingerprint density at radius 3 is 2.57 bits per heavy atom. The molecule has 5 nitrogen and oxygen atoms in total. The number of aliphatic hydroxyl groups is 1. The van der Waals surface area contributed by atoms with Crippen molar-refractivity contribution in [1.82, 2.24) is 5.32 Å². The van der Waals surface area contributed by atoms with Gasteiger partial charge >= 0.3 is 0 Å². The average Bonchev–Trinajstić information content (AvgIpc) is 3.57. The average molecular weight is 500 g/mol. The Morgan fingerprint density at radius 2 is 1.84 bits per heavy atom. The van der Waals surface area contributed by atoms with Gasteiger partial charge in [-0.25, -0.2) is 0 Å². The minimum atomic E-state index is -0.689. The van der Waals surface area contributed by atoms with Crippen LogP contribution in [0.4, 0.5) is 0 Å². The smallest absolute Gasteiger partial charge is 0.255 e. The highest BCUT2D eigenvalue weighted by atomic mass is 16.5. The van der Waals surface area contributed by atoms with E-state index in [1.54, 1.807) is 13.0 Å². The SMILES string of the molecule is C/C=C(\O)C(NC(=O)c1ccc2ccccc2c1OCC1CC2CCC1C2)C(C)OCc1ccccc1. The number of ether oxygens (including phenoxy) is 2. The Kier molecular flexibility index (Phi) is 7.80. The number of hydrogen-bond donors (Lipinski definition) is 2. The number of fused-ring (bicyclic) bond motifs is 3. The Bertz CT molecular complexity index is 1250. The Morgan fingerprint density at radius 1 is 1.05 bits per heavy atom. The monoisotopic (exact) mass is 499 g/mol. The number of carbonyl (C=O) groups excluding carboxylic acids is 1. The molecule has 2 N–H and O–H groups in total. The first-order valence-electron chi connectivity index (χ1n) is 13.5. The predicted molar refractivity (Wildman–Crippen MR) is 147 cm³/mol. The summed E-state index contributed by atoms with van der Waals surface area (Å²) in [5.74, 6) is 2.54. The van der Waals surface area contributed by atoms with Crippen molar-refractivity contribution in [3.8, 4) is 5.75 Å². The summed E-state index contributed by atoms with van der Waals surface area (Å²) in [7, 11) is 0. The van der Waals surface area contributed by atoms with Crippen LogP contribution in [0, 0.1) is 17.8 Å². The van der Waals surface area contributed by atoms with Gasteiger partial charge in [-0.2, -0.15) is 0 Å². The molecule has 0 heterocycles. The van der Waals surface area contributed by atoms with Gasteiger partial charge < -0.3 is 19.9 Å². The third-order valence-electron chi connectivity index (χ3n) is 8.18. The Balaban J connectivity index is 1.35. The van der Waals surface area contributed by atoms with Gasteiger partial charge in [0.1, 0.15) is 17.6 Å². The summed E-state index contributed by atoms with van der Waals surface area (Å²) in [4.78, 5) is 13.7. The molecule has 5 rings (SSSR count). The molecule has 0 aromatic heterocycles. The number of nitrogens with one attached hydrogen (secondary N) is 1. The maximum Gasteiger partial charge on any atom is 0.255 e. The zero-order chi connectivity index (χ0) is 25.8. The molecule has 0 radical (unpaired) electrons. The largest absolute Gasteiger partial charge is 0.510 e. The third-order valence-corrected chi connectivity index (χ3v) is 8.18. The summed E-state index contributed by atoms with van der Waals surface area (Å²) in [6.07, 6.45) is 6.35. The summed E-state index contributed by atoms with van der Waals surface area (Å²) in [6, 6.07) is 21.0. The van der Waals surface area contributed by atoms with E-state index >= 15 is 0 Å². The summed E-state index contributed by atoms with van der Waals surface area (Å²) >= 11 is 0. The number of rotatable bonds is 10. The summed E-state index contributed by atoms with van der Waals surface area (Å²) in [5.41, 5.74) is 1.51. The highest BCUT2D eigenvalue weighted by molar-refractivity contribution is 6.04. The molecule has 5 atom stereocenters. The van der Waals surface area contributed by atoms with Crippen LogP contribution in [0.3, 0.4) is 0 Å². The summed E-state index contributed by atoms with van der Waals surface area (Å²) in [5, 5.41) is 15.6. The van der Waals surface area contributed by atoms with Gasteiger partial charge in [0, 0.05) is 5.39 Å². The topological polar surface area (TPSA) is 67.8 Å². The van der Waals surface area contributed by atoms with E-state index < -0.39 is 12.1 Å². The second-order valence-electron chi connectivity index (χ2n) is 10.6. The molecule has 5 heteroatoms. The molecule has 3 aromatic rings. The van der Waals surface area contributed by atoms with Gasteiger partial charge in [0.25, 0.3) is 5.91 Å². The number of hydrogen-bond acceptors (Lipinski definition) is 4. The lowest BCUT2D eigenvalue weighted by molar-refractivity contribution is 0.0253. The number of amides is 1. The van der Waals surface area contributed by atoms with Crippen LogP contribution in [0.2, 0.25) is 0 Å². The standard InChI is InChI=1S/C32H37NO4/c1-3-29(34)30(21(2)36-19-22-9-5-4-6-10-22)33-32(35)28-16-15-24-11-7-8-12-27(24)31(28)37-20-26-18-23-13-14-25(26)17-23/h3-12,15-16,21,23,25-26,30,34H,13-14,17-20H2,1-2H3,(H,33,35)/b29-3-. The van der Waals surface area contributed by atoms with E-state index in [0.29, 0.717) is 30.4 Å². The summed E-state index contributed by atoms with van der Waals surface area (Å²) in [6.45, 7) is 4.63. The second-order valence-corrected chi connectivity index (χ2v) is 10.6. The van der Waals surface area contributed by atoms with Gasteiger partial charge in [-0.1, -0.05) is 67.1 Å². The normalized spacial score (nSPS) is 22.6. The molecule has 194 valence electrons. The van der Waals surface area contributed by atoms with Gasteiger partial charge in [0.2, 0.25) is 0 Å². The molecule has 2 saturated carbocycles. The van der Waals surface area contributed by atoms with Crippen LogP contribution in [-0.4, -0.2) is 29.8 Å². The molecule has 2 fully saturated rings. The Labute approximate surface area is 219 Å². The lowest BCUT2D eigenvalue weighted by Gasteiger charge is -2.26. The maximum absolute atomic E-state index is 13.7. The van der Waals surface area contributed by atoms with Crippen molar-refractivity contribution < 1.29 is 19.4 Å². The highest BCUT2D eigenvalue weighted by Gasteiger charge is 2.40. The molecule has 0 spiro atoms. The van der Waals surface area contributed by atoms with Gasteiger partial charge in [-0.15, -0.1) is 0 Å². The van der Waals surface area contributed by atoms with Crippen LogP contribution in [0.25, 0.3) is 10.8 Å². The van der Waals surface area contributed by atoms with Crippen molar-refractivity contribution in [2.45, 2.75) is 58.3 Å². The molecular formula is C32H37NO4. The molecule has 0 aliphatic heterocycles. The fourth-order valence-corrected chi connectivity index (χ4v) is 6.08. The number of carbonyl (C=O) groups is 1.